The van der Waals surface area contributed by atoms with Crippen LogP contribution < -0.4 is 9.95 Å². The van der Waals surface area contributed by atoms with Crippen LogP contribution >= 0.6 is 0 Å². The number of anilines is 2. The van der Waals surface area contributed by atoms with E-state index in [9.17, 15) is 8.42 Å². The van der Waals surface area contributed by atoms with Crippen LogP contribution in [-0.2, 0) is 15.1 Å². The second kappa shape index (κ2) is 3.37. The van der Waals surface area contributed by atoms with Crippen LogP contribution in [-0.4, -0.2) is 26.8 Å². The smallest absolute Gasteiger partial charge is 0.239 e. The van der Waals surface area contributed by atoms with Crippen molar-refractivity contribution in [2.45, 2.75) is 0 Å². The standard InChI is InChI=1S/C8H11N3O3S/c1-10(2)15(12,13)11-8-6-4-3-5-7(8)9-14-11/h3-6,9H,1-2H3. The van der Waals surface area contributed by atoms with E-state index < -0.39 is 10.2 Å². The van der Waals surface area contributed by atoms with Crippen molar-refractivity contribution in [1.82, 2.24) is 4.31 Å². The summed E-state index contributed by atoms with van der Waals surface area (Å²) >= 11 is 0. The van der Waals surface area contributed by atoms with Gasteiger partial charge in [-0.25, -0.2) is 5.48 Å². The molecule has 1 aromatic rings. The van der Waals surface area contributed by atoms with Crippen molar-refractivity contribution >= 4 is 21.6 Å². The van der Waals surface area contributed by atoms with Gasteiger partial charge >= 0.3 is 10.2 Å². The predicted molar refractivity (Wildman–Crippen MR) is 56.2 cm³/mol. The molecule has 0 bridgehead atoms. The molecule has 0 aromatic heterocycles. The first-order valence-corrected chi connectivity index (χ1v) is 5.68. The zero-order chi connectivity index (χ0) is 11.1. The molecule has 0 fully saturated rings. The van der Waals surface area contributed by atoms with Crippen LogP contribution in [0, 0.1) is 0 Å². The molecule has 0 saturated heterocycles. The van der Waals surface area contributed by atoms with Crippen LogP contribution in [0.1, 0.15) is 0 Å². The summed E-state index contributed by atoms with van der Waals surface area (Å²) in [5, 5.41) is 0. The number of benzene rings is 1. The van der Waals surface area contributed by atoms with Gasteiger partial charge in [0.25, 0.3) is 0 Å². The molecule has 6 nitrogen and oxygen atoms in total. The highest BCUT2D eigenvalue weighted by atomic mass is 32.2. The molecule has 1 aliphatic rings. The lowest BCUT2D eigenvalue weighted by atomic mass is 10.3. The Morgan fingerprint density at radius 1 is 1.33 bits per heavy atom. The SMILES string of the molecule is CN(C)S(=O)(=O)N1ONc2ccccc21. The summed E-state index contributed by atoms with van der Waals surface area (Å²) in [5.74, 6) is 0. The van der Waals surface area contributed by atoms with Crippen molar-refractivity contribution in [1.29, 1.82) is 0 Å². The summed E-state index contributed by atoms with van der Waals surface area (Å²) in [4.78, 5) is 4.90. The van der Waals surface area contributed by atoms with Crippen molar-refractivity contribution in [2.75, 3.05) is 24.0 Å². The Balaban J connectivity index is 2.45. The lowest BCUT2D eigenvalue weighted by Crippen LogP contribution is -2.38. The number of para-hydroxylation sites is 2. The van der Waals surface area contributed by atoms with Crippen LogP contribution in [0.4, 0.5) is 11.4 Å². The van der Waals surface area contributed by atoms with Crippen LogP contribution in [0.25, 0.3) is 0 Å². The monoisotopic (exact) mass is 229 g/mol. The van der Waals surface area contributed by atoms with Gasteiger partial charge in [-0.15, -0.1) is 9.41 Å². The van der Waals surface area contributed by atoms with Crippen LogP contribution in [0.2, 0.25) is 0 Å². The Morgan fingerprint density at radius 3 is 2.67 bits per heavy atom. The van der Waals surface area contributed by atoms with E-state index in [0.29, 0.717) is 11.4 Å². The zero-order valence-corrected chi connectivity index (χ0v) is 9.15. The molecule has 0 unspecified atom stereocenters. The molecule has 2 rings (SSSR count). The van der Waals surface area contributed by atoms with Gasteiger partial charge in [0.1, 0.15) is 5.69 Å². The minimum absolute atomic E-state index is 0.478. The molecular weight excluding hydrogens is 218 g/mol. The van der Waals surface area contributed by atoms with E-state index in [1.54, 1.807) is 24.3 Å². The molecule has 7 heteroatoms. The Morgan fingerprint density at radius 2 is 2.00 bits per heavy atom. The zero-order valence-electron chi connectivity index (χ0n) is 8.34. The molecule has 0 saturated carbocycles. The van der Waals surface area contributed by atoms with E-state index in [4.69, 9.17) is 4.94 Å². The van der Waals surface area contributed by atoms with E-state index in [0.717, 1.165) is 8.77 Å². The summed E-state index contributed by atoms with van der Waals surface area (Å²) in [6.45, 7) is 0. The predicted octanol–water partition coefficient (Wildman–Crippen LogP) is 0.571. The normalized spacial score (nSPS) is 15.3. The third-order valence-electron chi connectivity index (χ3n) is 2.01. The van der Waals surface area contributed by atoms with E-state index in [1.807, 2.05) is 0 Å². The Labute approximate surface area is 88.1 Å². The first-order valence-electron chi connectivity index (χ1n) is 4.28. The second-order valence-electron chi connectivity index (χ2n) is 3.23. The summed E-state index contributed by atoms with van der Waals surface area (Å²) in [6, 6.07) is 6.94. The minimum Gasteiger partial charge on any atom is -0.239 e. The number of hydrogen-bond donors (Lipinski definition) is 1. The fourth-order valence-electron chi connectivity index (χ4n) is 1.18. The fraction of sp³-hybridized carbons (Fsp3) is 0.250. The van der Waals surface area contributed by atoms with Crippen molar-refractivity contribution in [2.24, 2.45) is 0 Å². The number of nitrogens with one attached hydrogen (secondary N) is 1. The van der Waals surface area contributed by atoms with Crippen LogP contribution in [0.5, 0.6) is 0 Å². The fourth-order valence-corrected chi connectivity index (χ4v) is 2.01. The molecule has 0 aliphatic carbocycles. The molecule has 1 N–H and O–H groups in total. The van der Waals surface area contributed by atoms with Gasteiger partial charge in [-0.05, 0) is 12.1 Å². The van der Waals surface area contributed by atoms with Crippen LogP contribution in [0.15, 0.2) is 24.3 Å². The van der Waals surface area contributed by atoms with Gasteiger partial charge in [0.2, 0.25) is 0 Å². The average molecular weight is 229 g/mol. The Bertz CT molecular complexity index is 472. The summed E-state index contributed by atoms with van der Waals surface area (Å²) < 4.78 is 25.5. The largest absolute Gasteiger partial charge is 0.328 e. The number of fused-ring (bicyclic) bond motifs is 1. The van der Waals surface area contributed by atoms with Gasteiger partial charge in [0, 0.05) is 14.1 Å². The van der Waals surface area contributed by atoms with E-state index in [-0.39, 0.29) is 0 Å². The number of hydrogen-bond acceptors (Lipinski definition) is 4. The summed E-state index contributed by atoms with van der Waals surface area (Å²) in [7, 11) is -0.720. The van der Waals surface area contributed by atoms with Crippen molar-refractivity contribution in [3.63, 3.8) is 0 Å². The highest BCUT2D eigenvalue weighted by Crippen LogP contribution is 2.33. The molecule has 82 valence electrons. The van der Waals surface area contributed by atoms with Gasteiger partial charge in [-0.1, -0.05) is 12.1 Å². The number of nitrogens with zero attached hydrogens (tertiary/aromatic N) is 2. The first kappa shape index (κ1) is 10.2. The van der Waals surface area contributed by atoms with Crippen molar-refractivity contribution in [3.8, 4) is 0 Å². The first-order chi connectivity index (χ1) is 7.03. The molecule has 0 radical (unpaired) electrons. The quantitative estimate of drug-likeness (QED) is 0.805. The van der Waals surface area contributed by atoms with Gasteiger partial charge in [-0.3, -0.25) is 0 Å². The third-order valence-corrected chi connectivity index (χ3v) is 3.62. The molecule has 1 aliphatic heterocycles. The highest BCUT2D eigenvalue weighted by molar-refractivity contribution is 7.90. The molecule has 1 aromatic carbocycles. The van der Waals surface area contributed by atoms with Gasteiger partial charge in [0.05, 0.1) is 5.69 Å². The van der Waals surface area contributed by atoms with E-state index in [1.165, 1.54) is 14.1 Å². The number of rotatable bonds is 2. The van der Waals surface area contributed by atoms with Crippen molar-refractivity contribution in [3.05, 3.63) is 24.3 Å². The summed E-state index contributed by atoms with van der Waals surface area (Å²) in [5.41, 5.74) is 3.64. The van der Waals surface area contributed by atoms with Crippen LogP contribution in [0.3, 0.4) is 0 Å². The highest BCUT2D eigenvalue weighted by Gasteiger charge is 2.32. The second-order valence-corrected chi connectivity index (χ2v) is 5.19. The Hall–Kier alpha value is -1.31. The van der Waals surface area contributed by atoms with Gasteiger partial charge < -0.3 is 0 Å². The van der Waals surface area contributed by atoms with Crippen molar-refractivity contribution < 1.29 is 13.4 Å². The van der Waals surface area contributed by atoms with E-state index in [2.05, 4.69) is 5.48 Å². The molecule has 0 atom stereocenters. The lowest BCUT2D eigenvalue weighted by Gasteiger charge is -2.19. The third kappa shape index (κ3) is 1.54. The van der Waals surface area contributed by atoms with E-state index >= 15 is 0 Å². The summed E-state index contributed by atoms with van der Waals surface area (Å²) in [6.07, 6.45) is 0. The molecule has 15 heavy (non-hydrogen) atoms. The maximum Gasteiger partial charge on any atom is 0.328 e. The maximum absolute atomic E-state index is 11.8. The Kier molecular flexibility index (Phi) is 2.29. The minimum atomic E-state index is -3.61. The average Bonchev–Trinajstić information content (AvgIpc) is 2.61. The molecule has 0 amide bonds. The maximum atomic E-state index is 11.8. The topological polar surface area (TPSA) is 61.9 Å². The molecule has 0 spiro atoms. The lowest BCUT2D eigenvalue weighted by molar-refractivity contribution is 0.223. The van der Waals surface area contributed by atoms with Gasteiger partial charge in [0.15, 0.2) is 0 Å². The van der Waals surface area contributed by atoms with Gasteiger partial charge in [-0.2, -0.15) is 12.7 Å². The molecule has 1 heterocycles. The molecular formula is C8H11N3O3S.